The molecule has 0 fully saturated rings. The Morgan fingerprint density at radius 1 is 1.40 bits per heavy atom. The van der Waals surface area contributed by atoms with Gasteiger partial charge in [-0.05, 0) is 31.0 Å². The molecule has 0 aliphatic heterocycles. The maximum Gasteiger partial charge on any atom is 0.242 e. The van der Waals surface area contributed by atoms with Crippen LogP contribution in [0.15, 0.2) is 23.1 Å². The average Bonchev–Trinajstić information content (AvgIpc) is 2.45. The van der Waals surface area contributed by atoms with E-state index in [-0.39, 0.29) is 22.1 Å². The molecule has 20 heavy (non-hydrogen) atoms. The summed E-state index contributed by atoms with van der Waals surface area (Å²) in [6, 6.07) is 5.87. The zero-order valence-corrected chi connectivity index (χ0v) is 12.9. The molecule has 0 heterocycles. The van der Waals surface area contributed by atoms with E-state index >= 15 is 0 Å². The molecule has 1 aromatic carbocycles. The Balaban J connectivity index is 3.31. The third-order valence-corrected chi connectivity index (χ3v) is 5.21. The molecule has 2 N–H and O–H groups in total. The smallest absolute Gasteiger partial charge is 0.242 e. The van der Waals surface area contributed by atoms with Gasteiger partial charge in [0.2, 0.25) is 10.0 Å². The van der Waals surface area contributed by atoms with Crippen molar-refractivity contribution in [1.82, 2.24) is 4.72 Å². The van der Waals surface area contributed by atoms with Gasteiger partial charge in [0, 0.05) is 5.02 Å². The molecule has 0 atom stereocenters. The number of benzene rings is 1. The number of nitrogens with one attached hydrogen (secondary N) is 1. The SMILES string of the molecule is CCC(CC)(CO)NS(=O)(=O)c1cc(Cl)ccc1C#N. The third-order valence-electron chi connectivity index (χ3n) is 3.36. The Bertz CT molecular complexity index is 611. The largest absolute Gasteiger partial charge is 0.394 e. The minimum absolute atomic E-state index is 0.0148. The number of sulfonamides is 1. The number of rotatable bonds is 6. The van der Waals surface area contributed by atoms with Gasteiger partial charge < -0.3 is 5.11 Å². The van der Waals surface area contributed by atoms with Crippen LogP contribution in [0.2, 0.25) is 5.02 Å². The molecule has 0 saturated heterocycles. The number of hydrogen-bond donors (Lipinski definition) is 2. The number of aliphatic hydroxyl groups is 1. The molecule has 0 aliphatic rings. The first-order valence-corrected chi connectivity index (χ1v) is 8.04. The Hall–Kier alpha value is -1.13. The molecule has 5 nitrogen and oxygen atoms in total. The first kappa shape index (κ1) is 16.9. The van der Waals surface area contributed by atoms with Crippen molar-refractivity contribution < 1.29 is 13.5 Å². The lowest BCUT2D eigenvalue weighted by molar-refractivity contribution is 0.172. The zero-order valence-electron chi connectivity index (χ0n) is 11.4. The van der Waals surface area contributed by atoms with E-state index < -0.39 is 15.6 Å². The van der Waals surface area contributed by atoms with Gasteiger partial charge in [-0.15, -0.1) is 0 Å². The first-order valence-electron chi connectivity index (χ1n) is 6.18. The van der Waals surface area contributed by atoms with Crippen LogP contribution in [0.1, 0.15) is 32.3 Å². The fraction of sp³-hybridized carbons (Fsp3) is 0.462. The summed E-state index contributed by atoms with van der Waals surface area (Å²) in [4.78, 5) is -0.174. The molecular weight excluding hydrogens is 300 g/mol. The van der Waals surface area contributed by atoms with E-state index in [1.807, 2.05) is 6.07 Å². The van der Waals surface area contributed by atoms with E-state index in [2.05, 4.69) is 4.72 Å². The second-order valence-electron chi connectivity index (χ2n) is 4.50. The summed E-state index contributed by atoms with van der Waals surface area (Å²) in [7, 11) is -3.94. The van der Waals surface area contributed by atoms with Gasteiger partial charge in [0.25, 0.3) is 0 Å². The molecule has 0 radical (unpaired) electrons. The first-order chi connectivity index (χ1) is 9.34. The van der Waals surface area contributed by atoms with Gasteiger partial charge in [0.05, 0.1) is 17.7 Å². The Kier molecular flexibility index (Phi) is 5.54. The van der Waals surface area contributed by atoms with Crippen molar-refractivity contribution in [2.45, 2.75) is 37.1 Å². The van der Waals surface area contributed by atoms with Crippen molar-refractivity contribution in [1.29, 1.82) is 5.26 Å². The van der Waals surface area contributed by atoms with Gasteiger partial charge in [0.15, 0.2) is 0 Å². The van der Waals surface area contributed by atoms with E-state index in [1.54, 1.807) is 13.8 Å². The Labute approximate surface area is 124 Å². The summed E-state index contributed by atoms with van der Waals surface area (Å²) in [5.41, 5.74) is -0.922. The van der Waals surface area contributed by atoms with Crippen molar-refractivity contribution in [3.05, 3.63) is 28.8 Å². The molecule has 0 bridgehead atoms. The van der Waals surface area contributed by atoms with Crippen LogP contribution in [-0.4, -0.2) is 25.7 Å². The van der Waals surface area contributed by atoms with E-state index in [0.717, 1.165) is 0 Å². The van der Waals surface area contributed by atoms with Crippen LogP contribution >= 0.6 is 11.6 Å². The number of nitrogens with zero attached hydrogens (tertiary/aromatic N) is 1. The lowest BCUT2D eigenvalue weighted by Crippen LogP contribution is -2.50. The van der Waals surface area contributed by atoms with Crippen molar-refractivity contribution >= 4 is 21.6 Å². The van der Waals surface area contributed by atoms with E-state index in [0.29, 0.717) is 12.8 Å². The normalized spacial score (nSPS) is 12.2. The zero-order chi connectivity index (χ0) is 15.4. The number of halogens is 1. The fourth-order valence-electron chi connectivity index (χ4n) is 1.80. The third kappa shape index (κ3) is 3.49. The van der Waals surface area contributed by atoms with Crippen molar-refractivity contribution in [2.75, 3.05) is 6.61 Å². The minimum atomic E-state index is -3.94. The Morgan fingerprint density at radius 2 is 2.00 bits per heavy atom. The molecule has 0 saturated carbocycles. The molecule has 110 valence electrons. The Morgan fingerprint density at radius 3 is 2.45 bits per heavy atom. The molecular formula is C13H17ClN2O3S. The van der Waals surface area contributed by atoms with Gasteiger partial charge in [-0.1, -0.05) is 25.4 Å². The fourth-order valence-corrected chi connectivity index (χ4v) is 3.76. The predicted octanol–water partition coefficient (Wildman–Crippen LogP) is 2.04. The second kappa shape index (κ2) is 6.55. The van der Waals surface area contributed by atoms with Gasteiger partial charge in [-0.2, -0.15) is 5.26 Å². The highest BCUT2D eigenvalue weighted by Gasteiger charge is 2.32. The quantitative estimate of drug-likeness (QED) is 0.840. The molecule has 1 rings (SSSR count). The lowest BCUT2D eigenvalue weighted by atomic mass is 9.96. The summed E-state index contributed by atoms with van der Waals surface area (Å²) in [6.07, 6.45) is 0.864. The predicted molar refractivity (Wildman–Crippen MR) is 76.9 cm³/mol. The van der Waals surface area contributed by atoms with Crippen LogP contribution < -0.4 is 4.72 Å². The van der Waals surface area contributed by atoms with Gasteiger partial charge >= 0.3 is 0 Å². The highest BCUT2D eigenvalue weighted by Crippen LogP contribution is 2.24. The van der Waals surface area contributed by atoms with E-state index in [4.69, 9.17) is 16.9 Å². The summed E-state index contributed by atoms with van der Waals surface area (Å²) in [5.74, 6) is 0. The van der Waals surface area contributed by atoms with Gasteiger partial charge in [0.1, 0.15) is 11.0 Å². The van der Waals surface area contributed by atoms with Crippen molar-refractivity contribution in [2.24, 2.45) is 0 Å². The maximum atomic E-state index is 12.4. The molecule has 0 aliphatic carbocycles. The maximum absolute atomic E-state index is 12.4. The summed E-state index contributed by atoms with van der Waals surface area (Å²) in [6.45, 7) is 3.25. The van der Waals surface area contributed by atoms with E-state index in [9.17, 15) is 13.5 Å². The van der Waals surface area contributed by atoms with Crippen LogP contribution in [-0.2, 0) is 10.0 Å². The molecule has 7 heteroatoms. The van der Waals surface area contributed by atoms with Gasteiger partial charge in [-0.25, -0.2) is 13.1 Å². The monoisotopic (exact) mass is 316 g/mol. The topological polar surface area (TPSA) is 90.2 Å². The van der Waals surface area contributed by atoms with Crippen molar-refractivity contribution in [3.63, 3.8) is 0 Å². The molecule has 0 unspecified atom stereocenters. The number of aliphatic hydroxyl groups excluding tert-OH is 1. The molecule has 1 aromatic rings. The van der Waals surface area contributed by atoms with Crippen molar-refractivity contribution in [3.8, 4) is 6.07 Å². The highest BCUT2D eigenvalue weighted by atomic mass is 35.5. The van der Waals surface area contributed by atoms with Crippen LogP contribution in [0.25, 0.3) is 0 Å². The molecule has 0 aromatic heterocycles. The standard InChI is InChI=1S/C13H17ClN2O3S/c1-3-13(4-2,9-17)16-20(18,19)12-7-11(14)6-5-10(12)8-15/h5-7,16-17H,3-4,9H2,1-2H3. The lowest BCUT2D eigenvalue weighted by Gasteiger charge is -2.30. The number of nitriles is 1. The van der Waals surface area contributed by atoms with Gasteiger partial charge in [-0.3, -0.25) is 0 Å². The average molecular weight is 317 g/mol. The minimum Gasteiger partial charge on any atom is -0.394 e. The summed E-state index contributed by atoms with van der Waals surface area (Å²) < 4.78 is 27.3. The summed E-state index contributed by atoms with van der Waals surface area (Å²) >= 11 is 5.80. The molecule has 0 amide bonds. The van der Waals surface area contributed by atoms with Crippen LogP contribution in [0, 0.1) is 11.3 Å². The second-order valence-corrected chi connectivity index (χ2v) is 6.59. The van der Waals surface area contributed by atoms with Crippen LogP contribution in [0.4, 0.5) is 0 Å². The highest BCUT2D eigenvalue weighted by molar-refractivity contribution is 7.89. The number of hydrogen-bond acceptors (Lipinski definition) is 4. The van der Waals surface area contributed by atoms with E-state index in [1.165, 1.54) is 18.2 Å². The van der Waals surface area contributed by atoms with Crippen LogP contribution in [0.5, 0.6) is 0 Å². The van der Waals surface area contributed by atoms with Crippen LogP contribution in [0.3, 0.4) is 0 Å². The summed E-state index contributed by atoms with van der Waals surface area (Å²) in [5, 5.41) is 18.7. The molecule has 0 spiro atoms.